The summed E-state index contributed by atoms with van der Waals surface area (Å²) in [5, 5.41) is 12.4. The second-order valence-electron chi connectivity index (χ2n) is 5.38. The molecule has 2 aromatic heterocycles. The molecule has 6 nitrogen and oxygen atoms in total. The molecule has 0 aliphatic carbocycles. The van der Waals surface area contributed by atoms with Crippen LogP contribution in [0.3, 0.4) is 0 Å². The highest BCUT2D eigenvalue weighted by molar-refractivity contribution is 9.10. The minimum atomic E-state index is -0.855. The number of hydrogen-bond donors (Lipinski definition) is 4. The fraction of sp³-hybridized carbons (Fsp3) is 0.0556. The summed E-state index contributed by atoms with van der Waals surface area (Å²) >= 11 is 4.24. The number of rotatable bonds is 5. The van der Waals surface area contributed by atoms with Crippen molar-refractivity contribution in [2.45, 2.75) is 7.43 Å². The summed E-state index contributed by atoms with van der Waals surface area (Å²) in [5.41, 5.74) is 4.01. The highest BCUT2D eigenvalue weighted by atomic mass is 79.9. The van der Waals surface area contributed by atoms with Gasteiger partial charge in [0.05, 0.1) is 26.3 Å². The van der Waals surface area contributed by atoms with E-state index in [0.717, 1.165) is 23.5 Å². The van der Waals surface area contributed by atoms with Crippen LogP contribution in [0.4, 0.5) is 20.2 Å². The Hall–Kier alpha value is -2.85. The molecule has 0 radical (unpaired) electrons. The van der Waals surface area contributed by atoms with Gasteiger partial charge in [-0.3, -0.25) is 15.0 Å². The number of hydrogen-bond acceptors (Lipinski definition) is 5. The van der Waals surface area contributed by atoms with Crippen LogP contribution in [0.2, 0.25) is 0 Å². The number of amides is 1. The molecule has 1 amide bonds. The molecule has 0 bridgehead atoms. The zero-order valence-corrected chi connectivity index (χ0v) is 15.8. The van der Waals surface area contributed by atoms with E-state index in [1.165, 1.54) is 23.7 Å². The molecule has 28 heavy (non-hydrogen) atoms. The average molecular weight is 469 g/mol. The van der Waals surface area contributed by atoms with E-state index in [1.54, 1.807) is 0 Å². The fourth-order valence-electron chi connectivity index (χ4n) is 2.35. The standard InChI is InChI=1S/C17H11BrF2N4O2S.CH4/c18-8-5-23-17(26)12(13(21)7-4-11(16(22)25)27-6-7)14(8)24-15-9(19)2-1-3-10(15)20;/h1-6,21H,(H2,22,25)(H2,23,24,26);1H4. The molecular weight excluding hydrogens is 454 g/mol. The minimum Gasteiger partial charge on any atom is -0.365 e. The first-order chi connectivity index (χ1) is 12.8. The van der Waals surface area contributed by atoms with Crippen LogP contribution in [0.5, 0.6) is 0 Å². The number of nitrogens with two attached hydrogens (primary N) is 1. The molecule has 0 fully saturated rings. The fourth-order valence-corrected chi connectivity index (χ4v) is 3.51. The highest BCUT2D eigenvalue weighted by Crippen LogP contribution is 2.31. The van der Waals surface area contributed by atoms with Gasteiger partial charge in [0.1, 0.15) is 17.3 Å². The van der Waals surface area contributed by atoms with Crippen LogP contribution < -0.4 is 16.6 Å². The van der Waals surface area contributed by atoms with E-state index in [1.807, 2.05) is 0 Å². The summed E-state index contributed by atoms with van der Waals surface area (Å²) in [6, 6.07) is 4.72. The number of aromatic amines is 1. The SMILES string of the molecule is C.N=C(c1csc(C(N)=O)c1)c1c(Nc2c(F)cccc2F)c(Br)c[nH]c1=O. The lowest BCUT2D eigenvalue weighted by molar-refractivity contribution is 0.100. The number of carbonyl (C=O) groups excluding carboxylic acids is 1. The molecule has 0 aliphatic rings. The van der Waals surface area contributed by atoms with Crippen molar-refractivity contribution < 1.29 is 13.6 Å². The van der Waals surface area contributed by atoms with Gasteiger partial charge < -0.3 is 16.0 Å². The van der Waals surface area contributed by atoms with Gasteiger partial charge in [-0.1, -0.05) is 13.5 Å². The Labute approximate surface area is 171 Å². The summed E-state index contributed by atoms with van der Waals surface area (Å²) in [6.45, 7) is 0. The smallest absolute Gasteiger partial charge is 0.259 e. The molecular formula is C18H15BrF2N4O2S. The summed E-state index contributed by atoms with van der Waals surface area (Å²) in [7, 11) is 0. The molecule has 0 saturated carbocycles. The second kappa shape index (κ2) is 8.44. The topological polar surface area (TPSA) is 112 Å². The zero-order chi connectivity index (χ0) is 19.7. The number of aromatic nitrogens is 1. The molecule has 1 aromatic carbocycles. The van der Waals surface area contributed by atoms with Gasteiger partial charge in [-0.05, 0) is 34.1 Å². The van der Waals surface area contributed by atoms with Crippen LogP contribution in [0.25, 0.3) is 0 Å². The van der Waals surface area contributed by atoms with Crippen molar-refractivity contribution in [3.8, 4) is 0 Å². The molecule has 0 atom stereocenters. The third kappa shape index (κ3) is 4.02. The summed E-state index contributed by atoms with van der Waals surface area (Å²) in [4.78, 5) is 26.3. The molecule has 10 heteroatoms. The van der Waals surface area contributed by atoms with Crippen molar-refractivity contribution in [2.75, 3.05) is 5.32 Å². The molecule has 3 aromatic rings. The molecule has 5 N–H and O–H groups in total. The van der Waals surface area contributed by atoms with Crippen LogP contribution >= 0.6 is 27.3 Å². The van der Waals surface area contributed by atoms with Crippen LogP contribution in [0.15, 0.2) is 45.1 Å². The van der Waals surface area contributed by atoms with Gasteiger partial charge in [0.2, 0.25) is 0 Å². The number of benzene rings is 1. The van der Waals surface area contributed by atoms with Crippen LogP contribution in [0, 0.1) is 17.0 Å². The Bertz CT molecular complexity index is 1110. The van der Waals surface area contributed by atoms with Gasteiger partial charge in [0.25, 0.3) is 11.5 Å². The molecule has 0 saturated heterocycles. The third-order valence-electron chi connectivity index (χ3n) is 3.64. The lowest BCUT2D eigenvalue weighted by Crippen LogP contribution is -2.21. The van der Waals surface area contributed by atoms with E-state index >= 15 is 0 Å². The maximum absolute atomic E-state index is 14.0. The summed E-state index contributed by atoms with van der Waals surface area (Å²) in [6.07, 6.45) is 1.29. The lowest BCUT2D eigenvalue weighted by atomic mass is 10.0. The van der Waals surface area contributed by atoms with Gasteiger partial charge in [-0.25, -0.2) is 8.78 Å². The predicted octanol–water partition coefficient (Wildman–Crippen LogP) is 4.37. The first kappa shape index (κ1) is 21.5. The zero-order valence-electron chi connectivity index (χ0n) is 13.4. The molecule has 0 unspecified atom stereocenters. The van der Waals surface area contributed by atoms with Crippen molar-refractivity contribution >= 4 is 50.3 Å². The monoisotopic (exact) mass is 468 g/mol. The maximum Gasteiger partial charge on any atom is 0.259 e. The van der Waals surface area contributed by atoms with Crippen LogP contribution in [0.1, 0.15) is 28.2 Å². The number of nitrogens with one attached hydrogen (secondary N) is 3. The quantitative estimate of drug-likeness (QED) is 0.417. The number of pyridine rings is 1. The lowest BCUT2D eigenvalue weighted by Gasteiger charge is -2.14. The normalized spacial score (nSPS) is 10.2. The number of halogens is 3. The largest absolute Gasteiger partial charge is 0.365 e. The number of thiophene rings is 1. The highest BCUT2D eigenvalue weighted by Gasteiger charge is 2.21. The van der Waals surface area contributed by atoms with Crippen molar-refractivity contribution in [3.05, 3.63) is 78.3 Å². The van der Waals surface area contributed by atoms with Crippen molar-refractivity contribution in [2.24, 2.45) is 5.73 Å². The predicted molar refractivity (Wildman–Crippen MR) is 110 cm³/mol. The average Bonchev–Trinajstić information content (AvgIpc) is 3.11. The number of H-pyrrole nitrogens is 1. The van der Waals surface area contributed by atoms with Crippen molar-refractivity contribution in [1.29, 1.82) is 5.41 Å². The van der Waals surface area contributed by atoms with E-state index in [-0.39, 0.29) is 39.3 Å². The molecule has 0 aliphatic heterocycles. The number of anilines is 2. The van der Waals surface area contributed by atoms with Crippen LogP contribution in [-0.4, -0.2) is 16.6 Å². The first-order valence-corrected chi connectivity index (χ1v) is 9.06. The van der Waals surface area contributed by atoms with Gasteiger partial charge in [0.15, 0.2) is 0 Å². The molecule has 3 rings (SSSR count). The Morgan fingerprint density at radius 2 is 1.89 bits per heavy atom. The molecule has 146 valence electrons. The first-order valence-electron chi connectivity index (χ1n) is 7.39. The van der Waals surface area contributed by atoms with E-state index in [2.05, 4.69) is 26.2 Å². The van der Waals surface area contributed by atoms with Gasteiger partial charge in [0, 0.05) is 17.1 Å². The number of para-hydroxylation sites is 1. The van der Waals surface area contributed by atoms with Crippen LogP contribution in [-0.2, 0) is 0 Å². The van der Waals surface area contributed by atoms with Gasteiger partial charge >= 0.3 is 0 Å². The molecule has 2 heterocycles. The Morgan fingerprint density at radius 3 is 2.46 bits per heavy atom. The van der Waals surface area contributed by atoms with Gasteiger partial charge in [-0.15, -0.1) is 11.3 Å². The van der Waals surface area contributed by atoms with E-state index in [0.29, 0.717) is 0 Å². The maximum atomic E-state index is 14.0. The summed E-state index contributed by atoms with van der Waals surface area (Å²) < 4.78 is 28.3. The second-order valence-corrected chi connectivity index (χ2v) is 7.14. The minimum absolute atomic E-state index is 0. The third-order valence-corrected chi connectivity index (χ3v) is 5.21. The number of carbonyl (C=O) groups is 1. The van der Waals surface area contributed by atoms with Crippen molar-refractivity contribution in [3.63, 3.8) is 0 Å². The van der Waals surface area contributed by atoms with E-state index in [4.69, 9.17) is 11.1 Å². The Kier molecular flexibility index (Phi) is 6.47. The van der Waals surface area contributed by atoms with E-state index < -0.39 is 28.8 Å². The Balaban J connectivity index is 0.00000280. The summed E-state index contributed by atoms with van der Waals surface area (Å²) in [5.74, 6) is -2.37. The number of primary amides is 1. The van der Waals surface area contributed by atoms with Crippen molar-refractivity contribution in [1.82, 2.24) is 4.98 Å². The van der Waals surface area contributed by atoms with E-state index in [9.17, 15) is 18.4 Å². The van der Waals surface area contributed by atoms with Gasteiger partial charge in [-0.2, -0.15) is 0 Å². The Morgan fingerprint density at radius 1 is 1.25 bits per heavy atom. The molecule has 0 spiro atoms.